The minimum absolute atomic E-state index is 0.216. The first-order valence-electron chi connectivity index (χ1n) is 9.84. The number of aliphatic hydroxyl groups is 1. The van der Waals surface area contributed by atoms with Gasteiger partial charge in [0.25, 0.3) is 0 Å². The molecule has 28 heavy (non-hydrogen) atoms. The molecule has 2 aromatic rings. The van der Waals surface area contributed by atoms with Gasteiger partial charge < -0.3 is 15.2 Å². The van der Waals surface area contributed by atoms with Gasteiger partial charge in [-0.25, -0.2) is 0 Å². The number of hydrogen-bond donors (Lipinski definition) is 2. The maximum atomic E-state index is 12.5. The lowest BCUT2D eigenvalue weighted by Gasteiger charge is -2.28. The number of benzene rings is 1. The van der Waals surface area contributed by atoms with Gasteiger partial charge in [0.05, 0.1) is 11.7 Å². The first-order chi connectivity index (χ1) is 13.5. The van der Waals surface area contributed by atoms with Crippen molar-refractivity contribution in [2.45, 2.75) is 57.8 Å². The van der Waals surface area contributed by atoms with Crippen LogP contribution >= 0.6 is 0 Å². The molecule has 0 saturated heterocycles. The number of carbonyl (C=O) groups is 1. The number of hydrogen-bond acceptors (Lipinski definition) is 4. The fourth-order valence-electron chi connectivity index (χ4n) is 3.69. The summed E-state index contributed by atoms with van der Waals surface area (Å²) >= 11 is 0. The number of para-hydroxylation sites is 1. The molecule has 3 atom stereocenters. The first-order valence-corrected chi connectivity index (χ1v) is 9.84. The van der Waals surface area contributed by atoms with Gasteiger partial charge in [-0.15, -0.1) is 0 Å². The molecule has 0 bridgehead atoms. The average molecular weight is 383 g/mol. The molecule has 1 aromatic carbocycles. The van der Waals surface area contributed by atoms with Crippen LogP contribution in [0.5, 0.6) is 5.75 Å². The van der Waals surface area contributed by atoms with Gasteiger partial charge in [-0.2, -0.15) is 5.10 Å². The molecule has 1 heterocycles. The third kappa shape index (κ3) is 4.81. The van der Waals surface area contributed by atoms with Crippen LogP contribution in [0.15, 0.2) is 36.4 Å². The summed E-state index contributed by atoms with van der Waals surface area (Å²) < 4.78 is 7.79. The van der Waals surface area contributed by atoms with Gasteiger partial charge in [-0.3, -0.25) is 9.48 Å². The van der Waals surface area contributed by atoms with Crippen molar-refractivity contribution in [3.05, 3.63) is 53.4 Å². The van der Waals surface area contributed by atoms with Crippen molar-refractivity contribution in [2.75, 3.05) is 0 Å². The Labute approximate surface area is 166 Å². The Morgan fingerprint density at radius 2 is 1.96 bits per heavy atom. The van der Waals surface area contributed by atoms with Crippen LogP contribution in [0.25, 0.3) is 6.08 Å². The van der Waals surface area contributed by atoms with Gasteiger partial charge in [0.1, 0.15) is 18.0 Å². The quantitative estimate of drug-likeness (QED) is 0.615. The molecule has 6 nitrogen and oxygen atoms in total. The average Bonchev–Trinajstić information content (AvgIpc) is 2.81. The van der Waals surface area contributed by atoms with Crippen LogP contribution in [-0.2, 0) is 11.8 Å². The predicted molar refractivity (Wildman–Crippen MR) is 109 cm³/mol. The minimum Gasteiger partial charge on any atom is -0.488 e. The van der Waals surface area contributed by atoms with Gasteiger partial charge in [0.15, 0.2) is 0 Å². The van der Waals surface area contributed by atoms with Gasteiger partial charge >= 0.3 is 0 Å². The Balaban J connectivity index is 1.64. The second kappa shape index (κ2) is 9.06. The van der Waals surface area contributed by atoms with Crippen LogP contribution < -0.4 is 10.1 Å². The highest BCUT2D eigenvalue weighted by Gasteiger charge is 2.32. The fraction of sp³-hybridized carbons (Fsp3) is 0.455. The lowest BCUT2D eigenvalue weighted by atomic mass is 10.0. The van der Waals surface area contributed by atoms with E-state index in [4.69, 9.17) is 4.74 Å². The Hall–Kier alpha value is -2.60. The summed E-state index contributed by atoms with van der Waals surface area (Å²) in [6.45, 7) is 3.89. The second-order valence-corrected chi connectivity index (χ2v) is 7.40. The third-order valence-corrected chi connectivity index (χ3v) is 5.37. The zero-order valence-electron chi connectivity index (χ0n) is 16.8. The molecule has 0 spiro atoms. The maximum Gasteiger partial charge on any atom is 0.244 e. The zero-order chi connectivity index (χ0) is 20.1. The number of nitrogens with one attached hydrogen (secondary N) is 1. The summed E-state index contributed by atoms with van der Waals surface area (Å²) in [6, 6.07) is 9.18. The van der Waals surface area contributed by atoms with Crippen molar-refractivity contribution >= 4 is 12.0 Å². The Bertz CT molecular complexity index is 829. The maximum absolute atomic E-state index is 12.5. The van der Waals surface area contributed by atoms with E-state index in [1.165, 1.54) is 6.08 Å². The molecule has 1 aliphatic rings. The molecule has 1 aromatic heterocycles. The van der Waals surface area contributed by atoms with E-state index < -0.39 is 6.10 Å². The van der Waals surface area contributed by atoms with Gasteiger partial charge in [-0.05, 0) is 51.3 Å². The summed E-state index contributed by atoms with van der Waals surface area (Å²) in [5.74, 6) is 0.521. The highest BCUT2D eigenvalue weighted by Crippen LogP contribution is 2.24. The molecule has 6 heteroatoms. The smallest absolute Gasteiger partial charge is 0.244 e. The molecule has 0 aliphatic heterocycles. The van der Waals surface area contributed by atoms with Crippen molar-refractivity contribution in [2.24, 2.45) is 7.05 Å². The molecular formula is C22H29N3O3. The number of carbonyl (C=O) groups excluding carboxylic acids is 1. The first kappa shape index (κ1) is 20.1. The number of aromatic nitrogens is 2. The largest absolute Gasteiger partial charge is 0.488 e. The summed E-state index contributed by atoms with van der Waals surface area (Å²) in [6.07, 6.45) is 5.64. The lowest BCUT2D eigenvalue weighted by molar-refractivity contribution is -0.118. The summed E-state index contributed by atoms with van der Waals surface area (Å²) in [4.78, 5) is 12.5. The van der Waals surface area contributed by atoms with Gasteiger partial charge in [-0.1, -0.05) is 24.6 Å². The van der Waals surface area contributed by atoms with Crippen molar-refractivity contribution in [3.8, 4) is 5.75 Å². The van der Waals surface area contributed by atoms with Crippen molar-refractivity contribution in [1.29, 1.82) is 0 Å². The summed E-state index contributed by atoms with van der Waals surface area (Å²) in [7, 11) is 1.88. The third-order valence-electron chi connectivity index (χ3n) is 5.37. The Kier molecular flexibility index (Phi) is 6.52. The van der Waals surface area contributed by atoms with Crippen LogP contribution in [0.3, 0.4) is 0 Å². The van der Waals surface area contributed by atoms with Crippen LogP contribution in [-0.4, -0.2) is 39.0 Å². The van der Waals surface area contributed by atoms with Crippen molar-refractivity contribution < 1.29 is 14.6 Å². The zero-order valence-corrected chi connectivity index (χ0v) is 16.8. The number of ether oxygens (including phenoxy) is 1. The van der Waals surface area contributed by atoms with E-state index in [1.807, 2.05) is 51.2 Å². The SMILES string of the molecule is Cc1nn(C)c(C)c1/C=C/C(=O)N[C@@H]1CCCC[C@@H](Oc2ccccc2)[C@@H]1O. The number of aryl methyl sites for hydroxylation is 2. The molecule has 1 saturated carbocycles. The van der Waals surface area contributed by atoms with Gasteiger partial charge in [0.2, 0.25) is 5.91 Å². The van der Waals surface area contributed by atoms with Gasteiger partial charge in [0, 0.05) is 24.4 Å². The lowest BCUT2D eigenvalue weighted by Crippen LogP contribution is -2.48. The summed E-state index contributed by atoms with van der Waals surface area (Å²) in [5, 5.41) is 18.1. The van der Waals surface area contributed by atoms with Crippen LogP contribution in [0.1, 0.15) is 42.6 Å². The summed E-state index contributed by atoms with van der Waals surface area (Å²) in [5.41, 5.74) is 2.84. The van der Waals surface area contributed by atoms with E-state index in [0.717, 1.165) is 48.4 Å². The number of amides is 1. The molecule has 1 amide bonds. The van der Waals surface area contributed by atoms with Crippen LogP contribution in [0.4, 0.5) is 0 Å². The molecule has 150 valence electrons. The Morgan fingerprint density at radius 1 is 1.25 bits per heavy atom. The molecule has 0 unspecified atom stereocenters. The molecule has 0 radical (unpaired) electrons. The molecule has 1 fully saturated rings. The minimum atomic E-state index is -0.748. The highest BCUT2D eigenvalue weighted by molar-refractivity contribution is 5.92. The van der Waals surface area contributed by atoms with E-state index >= 15 is 0 Å². The van der Waals surface area contributed by atoms with Crippen LogP contribution in [0.2, 0.25) is 0 Å². The molecule has 1 aliphatic carbocycles. The monoisotopic (exact) mass is 383 g/mol. The molecular weight excluding hydrogens is 354 g/mol. The normalized spacial score (nSPS) is 22.8. The fourth-order valence-corrected chi connectivity index (χ4v) is 3.69. The predicted octanol–water partition coefficient (Wildman–Crippen LogP) is 2.92. The molecule has 3 rings (SSSR count). The van der Waals surface area contributed by atoms with E-state index in [-0.39, 0.29) is 18.1 Å². The highest BCUT2D eigenvalue weighted by atomic mass is 16.5. The number of rotatable bonds is 5. The topological polar surface area (TPSA) is 76.4 Å². The van der Waals surface area contributed by atoms with Crippen molar-refractivity contribution in [3.63, 3.8) is 0 Å². The van der Waals surface area contributed by atoms with Crippen molar-refractivity contribution in [1.82, 2.24) is 15.1 Å². The molecule has 2 N–H and O–H groups in total. The standard InChI is InChI=1S/C22H29N3O3/c1-15-18(16(2)25(3)24-15)13-14-21(26)23-19-11-7-8-12-20(22(19)27)28-17-9-5-4-6-10-17/h4-6,9-10,13-14,19-20,22,27H,7-8,11-12H2,1-3H3,(H,23,26)/b14-13+/t19-,20-,22-/m1/s1. The number of nitrogens with zero attached hydrogens (tertiary/aromatic N) is 2. The van der Waals surface area contributed by atoms with E-state index in [1.54, 1.807) is 10.8 Å². The van der Waals surface area contributed by atoms with E-state index in [0.29, 0.717) is 0 Å². The number of aliphatic hydroxyl groups excluding tert-OH is 1. The second-order valence-electron chi connectivity index (χ2n) is 7.40. The van der Waals surface area contributed by atoms with E-state index in [9.17, 15) is 9.90 Å². The van der Waals surface area contributed by atoms with Crippen LogP contribution in [0, 0.1) is 13.8 Å². The Morgan fingerprint density at radius 3 is 2.64 bits per heavy atom. The van der Waals surface area contributed by atoms with E-state index in [2.05, 4.69) is 10.4 Å².